The molecule has 40 valence electrons. The molecule has 0 amide bonds. The number of rotatable bonds is 0. The predicted octanol–water partition coefficient (Wildman–Crippen LogP) is -0.856. The molecule has 0 bridgehead atoms. The van der Waals surface area contributed by atoms with Crippen LogP contribution < -0.4 is 5.73 Å². The highest BCUT2D eigenvalue weighted by Crippen LogP contribution is 1.55. The molecule has 8 heavy (non-hydrogen) atoms. The third-order valence-corrected chi connectivity index (χ3v) is 0.282. The summed E-state index contributed by atoms with van der Waals surface area (Å²) in [7, 11) is 0. The Morgan fingerprint density at radius 2 is 2.12 bits per heavy atom. The number of nitrogens with two attached hydrogens (primary N) is 1. The monoisotopic (exact) mass is 110 g/mol. The normalized spacial score (nSPS) is 5.00. The van der Waals surface area contributed by atoms with Gasteiger partial charge in [-0.1, -0.05) is 0 Å². The molecule has 0 aliphatic rings. The average Bonchev–Trinajstić information content (AvgIpc) is 1.66. The molecule has 0 aromatic heterocycles. The van der Waals surface area contributed by atoms with Gasteiger partial charge >= 0.3 is 6.04 Å². The van der Waals surface area contributed by atoms with Gasteiger partial charge < -0.3 is 5.73 Å². The third kappa shape index (κ3) is 4.32. The topological polar surface area (TPSA) is 69.2 Å². The van der Waals surface area contributed by atoms with Crippen LogP contribution in [0.3, 0.4) is 0 Å². The minimum atomic E-state index is -0.787. The van der Waals surface area contributed by atoms with Crippen molar-refractivity contribution in [2.75, 3.05) is 0 Å². The second-order valence-corrected chi connectivity index (χ2v) is 0.763. The molecule has 0 radical (unpaired) electrons. The second-order valence-electron chi connectivity index (χ2n) is 0.763. The van der Waals surface area contributed by atoms with Crippen molar-refractivity contribution < 1.29 is 4.92 Å². The Kier molecular flexibility index (Phi) is 2.77. The van der Waals surface area contributed by atoms with Gasteiger partial charge in [-0.05, 0) is 0 Å². The Labute approximate surface area is 45.8 Å². The van der Waals surface area contributed by atoms with E-state index in [4.69, 9.17) is 0 Å². The minimum absolute atomic E-state index is 0.787. The second kappa shape index (κ2) is 3.51. The van der Waals surface area contributed by atoms with Crippen LogP contribution in [0.5, 0.6) is 0 Å². The SMILES string of the molecule is NC#CC#C[N+](=O)[O-]. The molecule has 0 aliphatic carbocycles. The van der Waals surface area contributed by atoms with Crippen LogP contribution in [-0.4, -0.2) is 4.92 Å². The maximum Gasteiger partial charge on any atom is 0.304 e. The molecule has 0 saturated carbocycles. The molecule has 0 rings (SSSR count). The summed E-state index contributed by atoms with van der Waals surface area (Å²) in [6, 6.07) is 3.46. The van der Waals surface area contributed by atoms with E-state index in [0.717, 1.165) is 0 Å². The standard InChI is InChI=1S/C4H2N2O2/c5-3-1-2-4-6(7)8/h5H2. The average molecular weight is 110 g/mol. The lowest BCUT2D eigenvalue weighted by molar-refractivity contribution is -0.379. The summed E-state index contributed by atoms with van der Waals surface area (Å²) in [4.78, 5) is 8.61. The number of nitro groups is 1. The van der Waals surface area contributed by atoms with Gasteiger partial charge in [0.05, 0.1) is 5.92 Å². The molecule has 0 aromatic rings. The van der Waals surface area contributed by atoms with E-state index in [0.29, 0.717) is 0 Å². The quantitative estimate of drug-likeness (QED) is 0.191. The smallest absolute Gasteiger partial charge is 0.304 e. The fourth-order valence-corrected chi connectivity index (χ4v) is 0.110. The highest BCUT2D eigenvalue weighted by Gasteiger charge is 1.76. The molecule has 0 fully saturated rings. The van der Waals surface area contributed by atoms with Gasteiger partial charge in [-0.2, -0.15) is 0 Å². The van der Waals surface area contributed by atoms with Gasteiger partial charge in [0.25, 0.3) is 0 Å². The Morgan fingerprint density at radius 3 is 2.50 bits per heavy atom. The van der Waals surface area contributed by atoms with Crippen molar-refractivity contribution >= 4 is 0 Å². The molecule has 0 saturated heterocycles. The predicted molar refractivity (Wildman–Crippen MR) is 26.7 cm³/mol. The highest BCUT2D eigenvalue weighted by atomic mass is 16.6. The van der Waals surface area contributed by atoms with Crippen LogP contribution in [0.2, 0.25) is 0 Å². The summed E-state index contributed by atoms with van der Waals surface area (Å²) < 4.78 is 0. The van der Waals surface area contributed by atoms with Crippen LogP contribution in [0.4, 0.5) is 0 Å². The Morgan fingerprint density at radius 1 is 1.50 bits per heavy atom. The van der Waals surface area contributed by atoms with E-state index in [2.05, 4.69) is 5.73 Å². The van der Waals surface area contributed by atoms with Gasteiger partial charge in [0.1, 0.15) is 4.92 Å². The lowest BCUT2D eigenvalue weighted by atomic mass is 10.7. The van der Waals surface area contributed by atoms with Crippen molar-refractivity contribution in [1.82, 2.24) is 0 Å². The van der Waals surface area contributed by atoms with E-state index in [9.17, 15) is 10.1 Å². The van der Waals surface area contributed by atoms with Gasteiger partial charge in [-0.3, -0.25) is 0 Å². The molecule has 4 heteroatoms. The summed E-state index contributed by atoms with van der Waals surface area (Å²) in [6.45, 7) is 0. The first kappa shape index (κ1) is 6.32. The van der Waals surface area contributed by atoms with E-state index in [-0.39, 0.29) is 0 Å². The van der Waals surface area contributed by atoms with Gasteiger partial charge in [-0.15, -0.1) is 0 Å². The van der Waals surface area contributed by atoms with Crippen molar-refractivity contribution in [1.29, 1.82) is 0 Å². The maximum absolute atomic E-state index is 9.40. The van der Waals surface area contributed by atoms with Gasteiger partial charge in [0.2, 0.25) is 0 Å². The summed E-state index contributed by atoms with van der Waals surface area (Å²) in [5.74, 6) is 3.90. The van der Waals surface area contributed by atoms with Crippen molar-refractivity contribution in [3.05, 3.63) is 10.1 Å². The highest BCUT2D eigenvalue weighted by molar-refractivity contribution is 5.21. The molecule has 0 aromatic carbocycles. The fourth-order valence-electron chi connectivity index (χ4n) is 0.110. The van der Waals surface area contributed by atoms with E-state index >= 15 is 0 Å². The summed E-state index contributed by atoms with van der Waals surface area (Å²) in [5.41, 5.74) is 4.63. The first-order valence-corrected chi connectivity index (χ1v) is 1.63. The molecular weight excluding hydrogens is 108 g/mol. The Hall–Kier alpha value is -1.68. The van der Waals surface area contributed by atoms with Crippen molar-refractivity contribution in [3.63, 3.8) is 0 Å². The zero-order chi connectivity index (χ0) is 6.41. The molecule has 0 heterocycles. The van der Waals surface area contributed by atoms with Crippen LogP contribution in [-0.2, 0) is 0 Å². The van der Waals surface area contributed by atoms with Crippen molar-refractivity contribution in [3.8, 4) is 23.9 Å². The van der Waals surface area contributed by atoms with E-state index in [1.807, 2.05) is 17.9 Å². The summed E-state index contributed by atoms with van der Waals surface area (Å²) in [5, 5.41) is 9.40. The van der Waals surface area contributed by atoms with Gasteiger partial charge in [0.15, 0.2) is 0 Å². The molecule has 0 aliphatic heterocycles. The van der Waals surface area contributed by atoms with Gasteiger partial charge in [0, 0.05) is 12.0 Å². The Balaban J connectivity index is 3.81. The third-order valence-electron chi connectivity index (χ3n) is 0.282. The molecule has 0 spiro atoms. The first-order valence-electron chi connectivity index (χ1n) is 1.63. The lowest BCUT2D eigenvalue weighted by Gasteiger charge is -1.62. The largest absolute Gasteiger partial charge is 0.359 e. The van der Waals surface area contributed by atoms with E-state index in [1.165, 1.54) is 0 Å². The van der Waals surface area contributed by atoms with Crippen LogP contribution in [0.1, 0.15) is 0 Å². The van der Waals surface area contributed by atoms with Crippen LogP contribution >= 0.6 is 0 Å². The molecule has 2 N–H and O–H groups in total. The maximum atomic E-state index is 9.40. The molecular formula is C4H2N2O2. The molecule has 0 unspecified atom stereocenters. The van der Waals surface area contributed by atoms with Crippen LogP contribution in [0.15, 0.2) is 0 Å². The zero-order valence-electron chi connectivity index (χ0n) is 3.84. The van der Waals surface area contributed by atoms with Crippen LogP contribution in [0.25, 0.3) is 0 Å². The summed E-state index contributed by atoms with van der Waals surface area (Å²) >= 11 is 0. The zero-order valence-corrected chi connectivity index (χ0v) is 3.84. The fraction of sp³-hybridized carbons (Fsp3) is 0. The molecule has 0 atom stereocenters. The van der Waals surface area contributed by atoms with Crippen LogP contribution in [0, 0.1) is 34.0 Å². The lowest BCUT2D eigenvalue weighted by Crippen LogP contribution is -1.82. The number of nitrogens with zero attached hydrogens (tertiary/aromatic N) is 1. The minimum Gasteiger partial charge on any atom is -0.359 e. The molecule has 4 nitrogen and oxygen atoms in total. The van der Waals surface area contributed by atoms with Crippen molar-refractivity contribution in [2.45, 2.75) is 0 Å². The Bertz CT molecular complexity index is 200. The van der Waals surface area contributed by atoms with Crippen molar-refractivity contribution in [2.24, 2.45) is 5.73 Å². The van der Waals surface area contributed by atoms with E-state index in [1.54, 1.807) is 6.04 Å². The first-order chi connectivity index (χ1) is 3.77. The van der Waals surface area contributed by atoms with E-state index < -0.39 is 4.92 Å². The van der Waals surface area contributed by atoms with Gasteiger partial charge in [-0.25, -0.2) is 10.1 Å². The number of hydrogen-bond acceptors (Lipinski definition) is 3. The summed E-state index contributed by atoms with van der Waals surface area (Å²) in [6.07, 6.45) is 0. The number of hydrogen-bond donors (Lipinski definition) is 1.